The van der Waals surface area contributed by atoms with Crippen molar-refractivity contribution in [2.24, 2.45) is 5.73 Å². The minimum Gasteiger partial charge on any atom is -0.370 e. The van der Waals surface area contributed by atoms with Gasteiger partial charge < -0.3 is 11.1 Å². The van der Waals surface area contributed by atoms with E-state index in [1.165, 1.54) is 11.8 Å². The van der Waals surface area contributed by atoms with E-state index < -0.39 is 0 Å². The lowest BCUT2D eigenvalue weighted by Gasteiger charge is -2.13. The van der Waals surface area contributed by atoms with Gasteiger partial charge in [0, 0.05) is 19.5 Å². The third kappa shape index (κ3) is 5.59. The number of carbonyl (C=O) groups excluding carboxylic acids is 2. The van der Waals surface area contributed by atoms with Crippen LogP contribution in [0.1, 0.15) is 32.6 Å². The number of nitrogens with one attached hydrogen (secondary N) is 1. The van der Waals surface area contributed by atoms with Crippen LogP contribution < -0.4 is 16.6 Å². The SMILES string of the molecule is CCNC(=O)CSc1nc2ccccc2c(=O)n1CCCCCC(N)=O. The van der Waals surface area contributed by atoms with Crippen LogP contribution in [0.3, 0.4) is 0 Å². The van der Waals surface area contributed by atoms with Crippen LogP contribution in [-0.2, 0) is 16.1 Å². The Hall–Kier alpha value is -2.35. The number of unbranched alkanes of at least 4 members (excludes halogenated alkanes) is 2. The molecule has 1 aromatic carbocycles. The van der Waals surface area contributed by atoms with E-state index >= 15 is 0 Å². The highest BCUT2D eigenvalue weighted by molar-refractivity contribution is 7.99. The fraction of sp³-hybridized carbons (Fsp3) is 0.444. The zero-order valence-corrected chi connectivity index (χ0v) is 15.7. The topological polar surface area (TPSA) is 107 Å². The second-order valence-electron chi connectivity index (χ2n) is 5.89. The highest BCUT2D eigenvalue weighted by Crippen LogP contribution is 2.18. The third-order valence-electron chi connectivity index (χ3n) is 3.84. The number of hydrogen-bond donors (Lipinski definition) is 2. The number of primary amides is 1. The highest BCUT2D eigenvalue weighted by atomic mass is 32.2. The third-order valence-corrected chi connectivity index (χ3v) is 4.81. The molecule has 0 aliphatic rings. The summed E-state index contributed by atoms with van der Waals surface area (Å²) in [5.41, 5.74) is 5.66. The fourth-order valence-corrected chi connectivity index (χ4v) is 3.43. The lowest BCUT2D eigenvalue weighted by Crippen LogP contribution is -2.27. The van der Waals surface area contributed by atoms with Crippen molar-refractivity contribution in [2.45, 2.75) is 44.3 Å². The summed E-state index contributed by atoms with van der Waals surface area (Å²) in [6.07, 6.45) is 2.58. The summed E-state index contributed by atoms with van der Waals surface area (Å²) in [6.45, 7) is 2.92. The molecule has 0 aliphatic carbocycles. The first-order valence-electron chi connectivity index (χ1n) is 8.70. The predicted molar refractivity (Wildman–Crippen MR) is 103 cm³/mol. The number of para-hydroxylation sites is 1. The maximum atomic E-state index is 12.8. The van der Waals surface area contributed by atoms with Crippen LogP contribution in [0.15, 0.2) is 34.2 Å². The molecule has 0 saturated carbocycles. The Morgan fingerprint density at radius 3 is 2.73 bits per heavy atom. The van der Waals surface area contributed by atoms with Gasteiger partial charge in [-0.1, -0.05) is 30.3 Å². The van der Waals surface area contributed by atoms with Crippen molar-refractivity contribution in [1.29, 1.82) is 0 Å². The molecule has 0 fully saturated rings. The van der Waals surface area contributed by atoms with Gasteiger partial charge in [-0.2, -0.15) is 0 Å². The molecule has 0 unspecified atom stereocenters. The minimum absolute atomic E-state index is 0.0899. The summed E-state index contributed by atoms with van der Waals surface area (Å²) in [4.78, 5) is 39.9. The van der Waals surface area contributed by atoms with Crippen LogP contribution in [-0.4, -0.2) is 33.7 Å². The lowest BCUT2D eigenvalue weighted by molar-refractivity contribution is -0.119. The molecule has 26 heavy (non-hydrogen) atoms. The number of nitrogens with two attached hydrogens (primary N) is 1. The number of fused-ring (bicyclic) bond motifs is 1. The molecule has 2 aromatic rings. The van der Waals surface area contributed by atoms with E-state index in [0.29, 0.717) is 42.0 Å². The second-order valence-corrected chi connectivity index (χ2v) is 6.83. The van der Waals surface area contributed by atoms with Crippen LogP contribution in [0, 0.1) is 0 Å². The number of thioether (sulfide) groups is 1. The van der Waals surface area contributed by atoms with E-state index in [1.807, 2.05) is 19.1 Å². The molecule has 3 N–H and O–H groups in total. The summed E-state index contributed by atoms with van der Waals surface area (Å²) in [5.74, 6) is -0.194. The van der Waals surface area contributed by atoms with Gasteiger partial charge in [-0.15, -0.1) is 0 Å². The molecule has 8 heteroatoms. The molecule has 140 valence electrons. The standard InChI is InChI=1S/C18H24N4O3S/c1-2-20-16(24)12-26-18-21-14-9-6-5-8-13(14)17(25)22(18)11-7-3-4-10-15(19)23/h5-6,8-9H,2-4,7,10-12H2,1H3,(H2,19,23)(H,20,24). The number of rotatable bonds is 10. The minimum atomic E-state index is -0.312. The number of benzene rings is 1. The molecular formula is C18H24N4O3S. The van der Waals surface area contributed by atoms with Crippen molar-refractivity contribution in [3.63, 3.8) is 0 Å². The molecule has 0 spiro atoms. The van der Waals surface area contributed by atoms with Crippen LogP contribution in [0.4, 0.5) is 0 Å². The maximum absolute atomic E-state index is 12.8. The van der Waals surface area contributed by atoms with Crippen molar-refractivity contribution in [2.75, 3.05) is 12.3 Å². The van der Waals surface area contributed by atoms with Crippen LogP contribution in [0.5, 0.6) is 0 Å². The summed E-state index contributed by atoms with van der Waals surface area (Å²) in [7, 11) is 0. The molecule has 2 rings (SSSR count). The molecule has 0 atom stereocenters. The van der Waals surface area contributed by atoms with Gasteiger partial charge in [0.05, 0.1) is 16.7 Å². The van der Waals surface area contributed by atoms with Gasteiger partial charge >= 0.3 is 0 Å². The molecular weight excluding hydrogens is 352 g/mol. The van der Waals surface area contributed by atoms with Crippen molar-refractivity contribution < 1.29 is 9.59 Å². The molecule has 1 aromatic heterocycles. The van der Waals surface area contributed by atoms with Gasteiger partial charge in [-0.3, -0.25) is 19.0 Å². The van der Waals surface area contributed by atoms with Crippen molar-refractivity contribution in [3.05, 3.63) is 34.6 Å². The summed E-state index contributed by atoms with van der Waals surface area (Å²) >= 11 is 1.26. The van der Waals surface area contributed by atoms with E-state index in [1.54, 1.807) is 16.7 Å². The Kier molecular flexibility index (Phi) is 7.65. The predicted octanol–water partition coefficient (Wildman–Crippen LogP) is 1.67. The average molecular weight is 376 g/mol. The Morgan fingerprint density at radius 1 is 1.23 bits per heavy atom. The van der Waals surface area contributed by atoms with Crippen molar-refractivity contribution in [3.8, 4) is 0 Å². The first kappa shape index (κ1) is 20.0. The Bertz CT molecular complexity index is 835. The molecule has 2 amide bonds. The van der Waals surface area contributed by atoms with E-state index in [2.05, 4.69) is 10.3 Å². The average Bonchev–Trinajstić information content (AvgIpc) is 2.61. The largest absolute Gasteiger partial charge is 0.370 e. The van der Waals surface area contributed by atoms with Crippen LogP contribution >= 0.6 is 11.8 Å². The van der Waals surface area contributed by atoms with Gasteiger partial charge in [0.1, 0.15) is 0 Å². The van der Waals surface area contributed by atoms with Gasteiger partial charge in [0.25, 0.3) is 5.56 Å². The van der Waals surface area contributed by atoms with Crippen molar-refractivity contribution >= 4 is 34.5 Å². The van der Waals surface area contributed by atoms with E-state index in [9.17, 15) is 14.4 Å². The van der Waals surface area contributed by atoms with Crippen LogP contribution in [0.2, 0.25) is 0 Å². The Balaban J connectivity index is 2.18. The molecule has 0 radical (unpaired) electrons. The lowest BCUT2D eigenvalue weighted by atomic mass is 10.2. The second kappa shape index (κ2) is 9.96. The summed E-state index contributed by atoms with van der Waals surface area (Å²) < 4.78 is 1.62. The normalized spacial score (nSPS) is 10.8. The van der Waals surface area contributed by atoms with Gasteiger partial charge in [-0.25, -0.2) is 4.98 Å². The Labute approximate surface area is 156 Å². The monoisotopic (exact) mass is 376 g/mol. The summed E-state index contributed by atoms with van der Waals surface area (Å²) in [5, 5.41) is 3.84. The first-order chi connectivity index (χ1) is 12.5. The highest BCUT2D eigenvalue weighted by Gasteiger charge is 2.13. The number of aromatic nitrogens is 2. The van der Waals surface area contributed by atoms with E-state index in [-0.39, 0.29) is 23.1 Å². The Morgan fingerprint density at radius 2 is 2.00 bits per heavy atom. The van der Waals surface area contributed by atoms with Gasteiger partial charge in [0.2, 0.25) is 11.8 Å². The number of amides is 2. The quantitative estimate of drug-likeness (QED) is 0.373. The van der Waals surface area contributed by atoms with Gasteiger partial charge in [-0.05, 0) is 31.9 Å². The first-order valence-corrected chi connectivity index (χ1v) is 9.69. The smallest absolute Gasteiger partial charge is 0.262 e. The summed E-state index contributed by atoms with van der Waals surface area (Å²) in [6, 6.07) is 7.20. The zero-order valence-electron chi connectivity index (χ0n) is 14.9. The number of hydrogen-bond acceptors (Lipinski definition) is 5. The van der Waals surface area contributed by atoms with Gasteiger partial charge in [0.15, 0.2) is 5.16 Å². The molecule has 0 bridgehead atoms. The molecule has 0 aliphatic heterocycles. The number of nitrogens with zero attached hydrogens (tertiary/aromatic N) is 2. The van der Waals surface area contributed by atoms with Crippen molar-refractivity contribution in [1.82, 2.24) is 14.9 Å². The zero-order chi connectivity index (χ0) is 18.9. The molecule has 7 nitrogen and oxygen atoms in total. The fourth-order valence-electron chi connectivity index (χ4n) is 2.58. The number of carbonyl (C=O) groups is 2. The maximum Gasteiger partial charge on any atom is 0.262 e. The van der Waals surface area contributed by atoms with E-state index in [4.69, 9.17) is 5.73 Å². The van der Waals surface area contributed by atoms with Crippen LogP contribution in [0.25, 0.3) is 10.9 Å². The molecule has 1 heterocycles. The van der Waals surface area contributed by atoms with E-state index in [0.717, 1.165) is 12.8 Å². The molecule has 0 saturated heterocycles.